The molecular formula is C12H20N2O6. The van der Waals surface area contributed by atoms with E-state index >= 15 is 0 Å². The van der Waals surface area contributed by atoms with Crippen LogP contribution >= 0.6 is 0 Å². The molecule has 1 heterocycles. The van der Waals surface area contributed by atoms with Crippen molar-refractivity contribution in [2.75, 3.05) is 39.4 Å². The highest BCUT2D eigenvalue weighted by atomic mass is 16.5. The van der Waals surface area contributed by atoms with Gasteiger partial charge in [-0.25, -0.2) is 9.59 Å². The number of ether oxygens (including phenoxy) is 2. The van der Waals surface area contributed by atoms with Crippen LogP contribution in [0.5, 0.6) is 0 Å². The Morgan fingerprint density at radius 2 is 2.10 bits per heavy atom. The summed E-state index contributed by atoms with van der Waals surface area (Å²) in [5, 5.41) is 8.90. The Morgan fingerprint density at radius 3 is 2.65 bits per heavy atom. The SMILES string of the molecule is CCOC(=O)CN(CC)C(=O)N1CCOC(C(=O)O)C1. The van der Waals surface area contributed by atoms with Crippen molar-refractivity contribution in [2.24, 2.45) is 0 Å². The first-order valence-electron chi connectivity index (χ1n) is 6.53. The molecule has 0 aromatic rings. The van der Waals surface area contributed by atoms with Crippen LogP contribution in [0, 0.1) is 0 Å². The van der Waals surface area contributed by atoms with Crippen molar-refractivity contribution in [3.63, 3.8) is 0 Å². The molecule has 8 heteroatoms. The molecule has 1 rings (SSSR count). The first kappa shape index (κ1) is 16.2. The molecule has 1 saturated heterocycles. The predicted octanol–water partition coefficient (Wildman–Crippen LogP) is -0.223. The number of nitrogens with zero attached hydrogens (tertiary/aromatic N) is 2. The quantitative estimate of drug-likeness (QED) is 0.702. The summed E-state index contributed by atoms with van der Waals surface area (Å²) in [6.07, 6.45) is -1.02. The lowest BCUT2D eigenvalue weighted by Gasteiger charge is -2.34. The van der Waals surface area contributed by atoms with Crippen molar-refractivity contribution in [1.29, 1.82) is 0 Å². The van der Waals surface area contributed by atoms with Gasteiger partial charge < -0.3 is 24.4 Å². The molecule has 1 fully saturated rings. The van der Waals surface area contributed by atoms with Gasteiger partial charge in [0.15, 0.2) is 6.10 Å². The average Bonchev–Trinajstić information content (AvgIpc) is 2.44. The minimum Gasteiger partial charge on any atom is -0.479 e. The second-order valence-electron chi connectivity index (χ2n) is 4.25. The third kappa shape index (κ3) is 4.37. The van der Waals surface area contributed by atoms with Crippen molar-refractivity contribution in [1.82, 2.24) is 9.80 Å². The molecule has 114 valence electrons. The van der Waals surface area contributed by atoms with Crippen molar-refractivity contribution >= 4 is 18.0 Å². The highest BCUT2D eigenvalue weighted by Gasteiger charge is 2.31. The van der Waals surface area contributed by atoms with E-state index in [2.05, 4.69) is 0 Å². The van der Waals surface area contributed by atoms with E-state index < -0.39 is 18.0 Å². The molecule has 1 atom stereocenters. The van der Waals surface area contributed by atoms with E-state index in [-0.39, 0.29) is 32.3 Å². The van der Waals surface area contributed by atoms with Crippen LogP contribution in [0.25, 0.3) is 0 Å². The molecule has 2 amide bonds. The molecule has 0 saturated carbocycles. The Labute approximate surface area is 117 Å². The van der Waals surface area contributed by atoms with Crippen LogP contribution in [0.2, 0.25) is 0 Å². The number of rotatable bonds is 5. The van der Waals surface area contributed by atoms with Gasteiger partial charge in [-0.15, -0.1) is 0 Å². The van der Waals surface area contributed by atoms with E-state index in [0.717, 1.165) is 0 Å². The number of carboxylic acid groups (broad SMARTS) is 1. The topological polar surface area (TPSA) is 96.4 Å². The number of carboxylic acids is 1. The zero-order valence-electron chi connectivity index (χ0n) is 11.7. The molecule has 1 aliphatic heterocycles. The van der Waals surface area contributed by atoms with E-state index in [4.69, 9.17) is 14.6 Å². The molecule has 0 radical (unpaired) electrons. The largest absolute Gasteiger partial charge is 0.479 e. The summed E-state index contributed by atoms with van der Waals surface area (Å²) < 4.78 is 9.85. The van der Waals surface area contributed by atoms with Gasteiger partial charge in [0.1, 0.15) is 6.54 Å². The van der Waals surface area contributed by atoms with Gasteiger partial charge in [0.05, 0.1) is 19.8 Å². The third-order valence-electron chi connectivity index (χ3n) is 2.89. The Bertz CT molecular complexity index is 373. The number of carbonyl (C=O) groups excluding carboxylic acids is 2. The van der Waals surface area contributed by atoms with Crippen molar-refractivity contribution in [2.45, 2.75) is 20.0 Å². The maximum atomic E-state index is 12.2. The lowest BCUT2D eigenvalue weighted by molar-refractivity contribution is -0.155. The second-order valence-corrected chi connectivity index (χ2v) is 4.25. The maximum Gasteiger partial charge on any atom is 0.334 e. The number of amides is 2. The summed E-state index contributed by atoms with van der Waals surface area (Å²) >= 11 is 0. The maximum absolute atomic E-state index is 12.2. The van der Waals surface area contributed by atoms with Crippen molar-refractivity contribution in [3.8, 4) is 0 Å². The van der Waals surface area contributed by atoms with Crippen molar-refractivity contribution in [3.05, 3.63) is 0 Å². The fourth-order valence-corrected chi connectivity index (χ4v) is 1.85. The number of hydrogen-bond acceptors (Lipinski definition) is 5. The highest BCUT2D eigenvalue weighted by Crippen LogP contribution is 2.09. The molecular weight excluding hydrogens is 268 g/mol. The molecule has 0 aromatic heterocycles. The Kier molecular flexibility index (Phi) is 6.23. The fourth-order valence-electron chi connectivity index (χ4n) is 1.85. The number of likely N-dealkylation sites (N-methyl/N-ethyl adjacent to an activating group) is 1. The van der Waals surface area contributed by atoms with Crippen LogP contribution < -0.4 is 0 Å². The predicted molar refractivity (Wildman–Crippen MR) is 68.2 cm³/mol. The number of hydrogen-bond donors (Lipinski definition) is 1. The van der Waals surface area contributed by atoms with E-state index in [1.165, 1.54) is 9.80 Å². The Morgan fingerprint density at radius 1 is 1.40 bits per heavy atom. The summed E-state index contributed by atoms with van der Waals surface area (Å²) in [5.41, 5.74) is 0. The summed E-state index contributed by atoms with van der Waals surface area (Å²) in [6.45, 7) is 4.34. The van der Waals surface area contributed by atoms with E-state index in [9.17, 15) is 14.4 Å². The summed E-state index contributed by atoms with van der Waals surface area (Å²) in [4.78, 5) is 37.2. The Hall–Kier alpha value is -1.83. The van der Waals surface area contributed by atoms with Gasteiger partial charge in [-0.1, -0.05) is 0 Å². The minimum absolute atomic E-state index is 0.0203. The summed E-state index contributed by atoms with van der Waals surface area (Å²) in [6, 6.07) is -0.380. The molecule has 0 bridgehead atoms. The van der Waals surface area contributed by atoms with Gasteiger partial charge in [0.25, 0.3) is 0 Å². The number of urea groups is 1. The zero-order chi connectivity index (χ0) is 15.1. The average molecular weight is 288 g/mol. The van der Waals surface area contributed by atoms with Crippen LogP contribution in [0.3, 0.4) is 0 Å². The molecule has 0 aliphatic carbocycles. The Balaban J connectivity index is 2.61. The first-order chi connectivity index (χ1) is 9.49. The number of aliphatic carboxylic acids is 1. The molecule has 8 nitrogen and oxygen atoms in total. The lowest BCUT2D eigenvalue weighted by Crippen LogP contribution is -2.53. The van der Waals surface area contributed by atoms with Crippen molar-refractivity contribution < 1.29 is 29.0 Å². The van der Waals surface area contributed by atoms with Gasteiger partial charge >= 0.3 is 18.0 Å². The van der Waals surface area contributed by atoms with E-state index in [1.54, 1.807) is 13.8 Å². The number of carbonyl (C=O) groups is 3. The molecule has 20 heavy (non-hydrogen) atoms. The summed E-state index contributed by atoms with van der Waals surface area (Å²) in [7, 11) is 0. The molecule has 1 N–H and O–H groups in total. The first-order valence-corrected chi connectivity index (χ1v) is 6.53. The second kappa shape index (κ2) is 7.68. The van der Waals surface area contributed by atoms with Crippen LogP contribution in [0.15, 0.2) is 0 Å². The van der Waals surface area contributed by atoms with E-state index in [1.807, 2.05) is 0 Å². The van der Waals surface area contributed by atoms with Gasteiger partial charge in [-0.2, -0.15) is 0 Å². The number of esters is 1. The van der Waals surface area contributed by atoms with Gasteiger partial charge in [0.2, 0.25) is 0 Å². The lowest BCUT2D eigenvalue weighted by atomic mass is 10.3. The standard InChI is InChI=1S/C12H20N2O6/c1-3-13(8-10(15)19-4-2)12(18)14-5-6-20-9(7-14)11(16)17/h9H,3-8H2,1-2H3,(H,16,17). The molecule has 0 aromatic carbocycles. The van der Waals surface area contributed by atoms with Gasteiger partial charge in [-0.3, -0.25) is 4.79 Å². The fraction of sp³-hybridized carbons (Fsp3) is 0.750. The molecule has 1 unspecified atom stereocenters. The van der Waals surface area contributed by atoms with E-state index in [0.29, 0.717) is 13.1 Å². The molecule has 1 aliphatic rings. The van der Waals surface area contributed by atoms with Gasteiger partial charge in [0, 0.05) is 13.1 Å². The normalized spacial score (nSPS) is 18.5. The van der Waals surface area contributed by atoms with Crippen LogP contribution in [-0.4, -0.2) is 78.4 Å². The van der Waals surface area contributed by atoms with Crippen LogP contribution in [-0.2, 0) is 19.1 Å². The van der Waals surface area contributed by atoms with Gasteiger partial charge in [-0.05, 0) is 13.8 Å². The smallest absolute Gasteiger partial charge is 0.334 e. The summed E-state index contributed by atoms with van der Waals surface area (Å²) in [5.74, 6) is -1.58. The minimum atomic E-state index is -1.10. The highest BCUT2D eigenvalue weighted by molar-refractivity contribution is 5.82. The molecule has 0 spiro atoms. The monoisotopic (exact) mass is 288 g/mol. The number of morpholine rings is 1. The zero-order valence-corrected chi connectivity index (χ0v) is 11.7. The third-order valence-corrected chi connectivity index (χ3v) is 2.89. The van der Waals surface area contributed by atoms with Crippen LogP contribution in [0.4, 0.5) is 4.79 Å². The van der Waals surface area contributed by atoms with Crippen LogP contribution in [0.1, 0.15) is 13.8 Å².